The number of ether oxygens (including phenoxy) is 1. The van der Waals surface area contributed by atoms with Crippen LogP contribution in [0.2, 0.25) is 0 Å². The summed E-state index contributed by atoms with van der Waals surface area (Å²) >= 11 is 0. The number of hydrogen-bond acceptors (Lipinski definition) is 3. The van der Waals surface area contributed by atoms with Crippen molar-refractivity contribution in [2.45, 2.75) is 84.2 Å². The molecule has 6 atom stereocenters. The molecule has 3 nitrogen and oxygen atoms in total. The average molecular weight is 386 g/mol. The summed E-state index contributed by atoms with van der Waals surface area (Å²) in [4.78, 5) is 15.1. The average Bonchev–Trinajstić information content (AvgIpc) is 3.30. The summed E-state index contributed by atoms with van der Waals surface area (Å²) in [5.41, 5.74) is 2.07. The molecule has 0 radical (unpaired) electrons. The number of nitrogens with zero attached hydrogens (tertiary/aromatic N) is 1. The lowest BCUT2D eigenvalue weighted by molar-refractivity contribution is -0.132. The highest BCUT2D eigenvalue weighted by molar-refractivity contribution is 5.87. The SMILES string of the molecule is CC12CCC3C(CCC4=CC(OCCN5CCCC5)CCC43C)C1CCC2=O. The van der Waals surface area contributed by atoms with Crippen molar-refractivity contribution in [3.8, 4) is 0 Å². The zero-order valence-electron chi connectivity index (χ0n) is 18.0. The molecule has 0 amide bonds. The predicted octanol–water partition coefficient (Wildman–Crippen LogP) is 5.00. The van der Waals surface area contributed by atoms with E-state index in [9.17, 15) is 4.79 Å². The van der Waals surface area contributed by atoms with E-state index in [1.165, 1.54) is 58.0 Å². The van der Waals surface area contributed by atoms with Crippen LogP contribution in [0.25, 0.3) is 0 Å². The Morgan fingerprint density at radius 3 is 2.57 bits per heavy atom. The van der Waals surface area contributed by atoms with Gasteiger partial charge in [-0.3, -0.25) is 4.79 Å². The van der Waals surface area contributed by atoms with Gasteiger partial charge < -0.3 is 9.64 Å². The van der Waals surface area contributed by atoms with Crippen LogP contribution in [-0.4, -0.2) is 43.0 Å². The predicted molar refractivity (Wildman–Crippen MR) is 112 cm³/mol. The smallest absolute Gasteiger partial charge is 0.139 e. The van der Waals surface area contributed by atoms with Crippen molar-refractivity contribution in [2.75, 3.05) is 26.2 Å². The zero-order valence-corrected chi connectivity index (χ0v) is 18.0. The Labute approximate surface area is 171 Å². The summed E-state index contributed by atoms with van der Waals surface area (Å²) < 4.78 is 6.31. The third-order valence-corrected chi connectivity index (χ3v) is 9.72. The number of Topliss-reactive ketones (excluding diaryl/α,β-unsaturated/α-hetero) is 1. The summed E-state index contributed by atoms with van der Waals surface area (Å²) in [6.07, 6.45) is 15.0. The first-order valence-electron chi connectivity index (χ1n) is 12.1. The fourth-order valence-electron chi connectivity index (χ4n) is 7.94. The molecule has 1 saturated heterocycles. The third kappa shape index (κ3) is 3.03. The molecule has 0 aromatic carbocycles. The Kier molecular flexibility index (Phi) is 4.99. The van der Waals surface area contributed by atoms with Crippen molar-refractivity contribution in [2.24, 2.45) is 28.6 Å². The molecule has 28 heavy (non-hydrogen) atoms. The highest BCUT2D eigenvalue weighted by Gasteiger charge is 2.58. The number of fused-ring (bicyclic) bond motifs is 5. The number of carbonyl (C=O) groups is 1. The van der Waals surface area contributed by atoms with Gasteiger partial charge in [0.25, 0.3) is 0 Å². The van der Waals surface area contributed by atoms with E-state index in [0.717, 1.165) is 44.2 Å². The minimum absolute atomic E-state index is 0.00856. The van der Waals surface area contributed by atoms with Crippen molar-refractivity contribution in [1.29, 1.82) is 0 Å². The van der Waals surface area contributed by atoms with Crippen LogP contribution in [0.1, 0.15) is 78.1 Å². The van der Waals surface area contributed by atoms with Gasteiger partial charge in [-0.2, -0.15) is 0 Å². The minimum Gasteiger partial charge on any atom is -0.373 e. The largest absolute Gasteiger partial charge is 0.373 e. The van der Waals surface area contributed by atoms with E-state index >= 15 is 0 Å². The molecule has 0 bridgehead atoms. The van der Waals surface area contributed by atoms with Crippen LogP contribution in [0.5, 0.6) is 0 Å². The number of rotatable bonds is 4. The minimum atomic E-state index is 0.00856. The quantitative estimate of drug-likeness (QED) is 0.638. The van der Waals surface area contributed by atoms with Gasteiger partial charge >= 0.3 is 0 Å². The van der Waals surface area contributed by atoms with E-state index in [1.807, 2.05) is 0 Å². The van der Waals surface area contributed by atoms with Gasteiger partial charge in [-0.1, -0.05) is 25.5 Å². The van der Waals surface area contributed by atoms with E-state index in [4.69, 9.17) is 4.74 Å². The Balaban J connectivity index is 1.26. The number of hydrogen-bond donors (Lipinski definition) is 0. The Morgan fingerprint density at radius 1 is 1.00 bits per heavy atom. The fourth-order valence-corrected chi connectivity index (χ4v) is 7.94. The number of allylic oxidation sites excluding steroid dienone is 1. The van der Waals surface area contributed by atoms with Gasteiger partial charge in [-0.15, -0.1) is 0 Å². The van der Waals surface area contributed by atoms with E-state index in [0.29, 0.717) is 23.2 Å². The summed E-state index contributed by atoms with van der Waals surface area (Å²) in [6, 6.07) is 0. The first-order valence-corrected chi connectivity index (χ1v) is 12.1. The molecule has 3 saturated carbocycles. The molecule has 1 heterocycles. The van der Waals surface area contributed by atoms with Crippen LogP contribution >= 0.6 is 0 Å². The summed E-state index contributed by atoms with van der Waals surface area (Å²) in [6.45, 7) is 9.37. The van der Waals surface area contributed by atoms with Crippen LogP contribution in [-0.2, 0) is 9.53 Å². The molecule has 156 valence electrons. The second kappa shape index (κ2) is 7.23. The lowest BCUT2D eigenvalue weighted by atomic mass is 9.47. The standard InChI is InChI=1S/C25H39NO2/c1-24-11-9-19(28-16-15-26-13-3-4-14-26)17-18(24)5-6-20-21-7-8-23(27)25(21,2)12-10-22(20)24/h17,19-22H,3-16H2,1-2H3. The van der Waals surface area contributed by atoms with Gasteiger partial charge in [0.1, 0.15) is 5.78 Å². The Morgan fingerprint density at radius 2 is 1.75 bits per heavy atom. The van der Waals surface area contributed by atoms with Crippen molar-refractivity contribution >= 4 is 5.78 Å². The second-order valence-electron chi connectivity index (χ2n) is 10.9. The van der Waals surface area contributed by atoms with Crippen LogP contribution in [0.3, 0.4) is 0 Å². The molecular weight excluding hydrogens is 346 g/mol. The van der Waals surface area contributed by atoms with Crippen LogP contribution in [0.4, 0.5) is 0 Å². The van der Waals surface area contributed by atoms with Crippen molar-refractivity contribution in [3.63, 3.8) is 0 Å². The molecule has 5 rings (SSSR count). The van der Waals surface area contributed by atoms with Gasteiger partial charge in [-0.05, 0) is 94.0 Å². The van der Waals surface area contributed by atoms with Gasteiger partial charge in [0.05, 0.1) is 12.7 Å². The number of carbonyl (C=O) groups excluding carboxylic acids is 1. The Bertz CT molecular complexity index is 651. The summed E-state index contributed by atoms with van der Waals surface area (Å²) in [7, 11) is 0. The monoisotopic (exact) mass is 385 g/mol. The second-order valence-corrected chi connectivity index (χ2v) is 10.9. The van der Waals surface area contributed by atoms with E-state index in [1.54, 1.807) is 5.57 Å². The zero-order chi connectivity index (χ0) is 19.4. The molecular formula is C25H39NO2. The molecule has 4 fully saturated rings. The molecule has 0 aromatic heterocycles. The molecule has 0 N–H and O–H groups in total. The van der Waals surface area contributed by atoms with Crippen LogP contribution < -0.4 is 0 Å². The highest BCUT2D eigenvalue weighted by atomic mass is 16.5. The molecule has 6 unspecified atom stereocenters. The van der Waals surface area contributed by atoms with Gasteiger partial charge in [0.15, 0.2) is 0 Å². The first-order chi connectivity index (χ1) is 13.5. The topological polar surface area (TPSA) is 29.5 Å². The first kappa shape index (κ1) is 19.3. The third-order valence-electron chi connectivity index (χ3n) is 9.72. The number of ketones is 1. The van der Waals surface area contributed by atoms with Crippen molar-refractivity contribution in [1.82, 2.24) is 4.90 Å². The van der Waals surface area contributed by atoms with E-state index < -0.39 is 0 Å². The normalized spacial score (nSPS) is 46.1. The lowest BCUT2D eigenvalue weighted by Crippen LogP contribution is -2.50. The maximum atomic E-state index is 12.6. The fraction of sp³-hybridized carbons (Fsp3) is 0.880. The highest BCUT2D eigenvalue weighted by Crippen LogP contribution is 2.64. The number of likely N-dealkylation sites (tertiary alicyclic amines) is 1. The summed E-state index contributed by atoms with van der Waals surface area (Å²) in [5.74, 6) is 2.80. The Hall–Kier alpha value is -0.670. The maximum absolute atomic E-state index is 12.6. The van der Waals surface area contributed by atoms with E-state index in [-0.39, 0.29) is 5.41 Å². The molecule has 4 aliphatic carbocycles. The van der Waals surface area contributed by atoms with Gasteiger partial charge in [0.2, 0.25) is 0 Å². The maximum Gasteiger partial charge on any atom is 0.139 e. The molecule has 0 aromatic rings. The van der Waals surface area contributed by atoms with Crippen LogP contribution in [0.15, 0.2) is 11.6 Å². The van der Waals surface area contributed by atoms with Gasteiger partial charge in [0, 0.05) is 18.4 Å². The molecule has 3 heteroatoms. The van der Waals surface area contributed by atoms with Crippen molar-refractivity contribution < 1.29 is 9.53 Å². The van der Waals surface area contributed by atoms with Crippen molar-refractivity contribution in [3.05, 3.63) is 11.6 Å². The molecule has 5 aliphatic rings. The summed E-state index contributed by atoms with van der Waals surface area (Å²) in [5, 5.41) is 0. The van der Waals surface area contributed by atoms with Gasteiger partial charge in [-0.25, -0.2) is 0 Å². The van der Waals surface area contributed by atoms with E-state index in [2.05, 4.69) is 24.8 Å². The van der Waals surface area contributed by atoms with Crippen LogP contribution in [0, 0.1) is 28.6 Å². The molecule has 0 spiro atoms. The lowest BCUT2D eigenvalue weighted by Gasteiger charge is -2.57. The molecule has 1 aliphatic heterocycles.